The van der Waals surface area contributed by atoms with Crippen molar-refractivity contribution in [2.24, 2.45) is 0 Å². The molecule has 0 radical (unpaired) electrons. The van der Waals surface area contributed by atoms with Gasteiger partial charge in [0.05, 0.1) is 12.1 Å². The fraction of sp³-hybridized carbons (Fsp3) is 0.706. The second-order valence-corrected chi connectivity index (χ2v) is 5.99. The highest BCUT2D eigenvalue weighted by atomic mass is 35.5. The minimum atomic E-state index is -0.404. The number of unbranched alkanes of at least 4 members (excludes halogenated alkanes) is 8. The van der Waals surface area contributed by atoms with Crippen LogP contribution in [0.3, 0.4) is 0 Å². The van der Waals surface area contributed by atoms with Crippen LogP contribution in [0.15, 0.2) is 6.07 Å². The van der Waals surface area contributed by atoms with Crippen molar-refractivity contribution >= 4 is 17.6 Å². The highest BCUT2D eigenvalue weighted by Gasteiger charge is 2.14. The molecular formula is C17H28ClNO2. The van der Waals surface area contributed by atoms with Crippen molar-refractivity contribution in [3.8, 4) is 0 Å². The van der Waals surface area contributed by atoms with Gasteiger partial charge >= 0.3 is 5.97 Å². The van der Waals surface area contributed by atoms with E-state index in [0.717, 1.165) is 18.5 Å². The monoisotopic (exact) mass is 313 g/mol. The first kappa shape index (κ1) is 18.1. The van der Waals surface area contributed by atoms with E-state index in [-0.39, 0.29) is 0 Å². The van der Waals surface area contributed by atoms with Gasteiger partial charge in [0.25, 0.3) is 0 Å². The van der Waals surface area contributed by atoms with Crippen LogP contribution in [0.2, 0.25) is 5.02 Å². The molecule has 21 heavy (non-hydrogen) atoms. The first-order valence-corrected chi connectivity index (χ1v) is 8.52. The maximum Gasteiger partial charge on any atom is 0.356 e. The Labute approximate surface area is 133 Å². The number of aryl methyl sites for hydroxylation is 1. The first-order valence-electron chi connectivity index (χ1n) is 8.14. The van der Waals surface area contributed by atoms with E-state index in [2.05, 4.69) is 16.6 Å². The summed E-state index contributed by atoms with van der Waals surface area (Å²) in [6, 6.07) is 1.83. The van der Waals surface area contributed by atoms with E-state index in [0.29, 0.717) is 10.7 Å². The van der Waals surface area contributed by atoms with Crippen LogP contribution in [-0.2, 0) is 11.2 Å². The van der Waals surface area contributed by atoms with Crippen LogP contribution in [0.25, 0.3) is 0 Å². The van der Waals surface area contributed by atoms with Crippen LogP contribution in [0.5, 0.6) is 0 Å². The molecule has 1 heterocycles. The molecule has 0 bridgehead atoms. The average molecular weight is 314 g/mol. The Morgan fingerprint density at radius 1 is 1.10 bits per heavy atom. The number of methoxy groups -OCH3 is 1. The van der Waals surface area contributed by atoms with Crippen LogP contribution in [-0.4, -0.2) is 18.1 Å². The lowest BCUT2D eigenvalue weighted by Crippen LogP contribution is -2.02. The van der Waals surface area contributed by atoms with Gasteiger partial charge in [0.1, 0.15) is 5.69 Å². The molecule has 0 saturated heterocycles. The number of esters is 1. The zero-order chi connectivity index (χ0) is 15.5. The molecule has 0 fully saturated rings. The molecule has 0 aliphatic carbocycles. The maximum atomic E-state index is 11.4. The molecule has 1 aromatic rings. The van der Waals surface area contributed by atoms with Gasteiger partial charge in [-0.1, -0.05) is 69.9 Å². The SMILES string of the molecule is CCCCCCCCCCCc1cc(Cl)c(C(=O)OC)[nH]1. The summed E-state index contributed by atoms with van der Waals surface area (Å²) in [4.78, 5) is 14.5. The molecule has 3 nitrogen and oxygen atoms in total. The topological polar surface area (TPSA) is 42.1 Å². The second-order valence-electron chi connectivity index (χ2n) is 5.59. The summed E-state index contributed by atoms with van der Waals surface area (Å²) < 4.78 is 4.67. The number of H-pyrrole nitrogens is 1. The van der Waals surface area contributed by atoms with E-state index in [4.69, 9.17) is 11.6 Å². The lowest BCUT2D eigenvalue weighted by molar-refractivity contribution is 0.0595. The molecule has 1 N–H and O–H groups in total. The minimum absolute atomic E-state index is 0.366. The quantitative estimate of drug-likeness (QED) is 0.431. The number of aromatic amines is 1. The van der Waals surface area contributed by atoms with E-state index < -0.39 is 5.97 Å². The second kappa shape index (κ2) is 10.7. The Kier molecular flexibility index (Phi) is 9.24. The molecule has 0 aliphatic heterocycles. The molecule has 0 aliphatic rings. The molecule has 0 saturated carbocycles. The molecule has 0 aromatic carbocycles. The van der Waals surface area contributed by atoms with E-state index in [9.17, 15) is 4.79 Å². The minimum Gasteiger partial charge on any atom is -0.464 e. The number of halogens is 1. The van der Waals surface area contributed by atoms with Crippen molar-refractivity contribution < 1.29 is 9.53 Å². The normalized spacial score (nSPS) is 10.8. The Morgan fingerprint density at radius 2 is 1.67 bits per heavy atom. The predicted octanol–water partition coefficient (Wildman–Crippen LogP) is 5.53. The summed E-state index contributed by atoms with van der Waals surface area (Å²) in [5, 5.41) is 0.452. The standard InChI is InChI=1S/C17H28ClNO2/c1-3-4-5-6-7-8-9-10-11-12-14-13-15(18)16(19-14)17(20)21-2/h13,19H,3-12H2,1-2H3. The van der Waals surface area contributed by atoms with Crippen LogP contribution >= 0.6 is 11.6 Å². The largest absolute Gasteiger partial charge is 0.464 e. The van der Waals surface area contributed by atoms with Crippen molar-refractivity contribution in [1.29, 1.82) is 0 Å². The van der Waals surface area contributed by atoms with Crippen molar-refractivity contribution in [2.45, 2.75) is 71.1 Å². The van der Waals surface area contributed by atoms with Crippen LogP contribution < -0.4 is 0 Å². The van der Waals surface area contributed by atoms with Gasteiger partial charge in [0.15, 0.2) is 0 Å². The summed E-state index contributed by atoms with van der Waals surface area (Å²) in [5.74, 6) is -0.404. The van der Waals surface area contributed by atoms with Gasteiger partial charge in [0, 0.05) is 5.69 Å². The Balaban J connectivity index is 2.12. The van der Waals surface area contributed by atoms with Crippen molar-refractivity contribution in [1.82, 2.24) is 4.98 Å². The van der Waals surface area contributed by atoms with Gasteiger partial charge in [-0.15, -0.1) is 0 Å². The number of carbonyl (C=O) groups excluding carboxylic acids is 1. The van der Waals surface area contributed by atoms with E-state index in [1.807, 2.05) is 6.07 Å². The van der Waals surface area contributed by atoms with Crippen LogP contribution in [0.1, 0.15) is 80.9 Å². The Hall–Kier alpha value is -0.960. The van der Waals surface area contributed by atoms with Gasteiger partial charge in [-0.3, -0.25) is 0 Å². The molecule has 0 spiro atoms. The number of nitrogens with one attached hydrogen (secondary N) is 1. The predicted molar refractivity (Wildman–Crippen MR) is 88.1 cm³/mol. The average Bonchev–Trinajstić information content (AvgIpc) is 2.85. The molecular weight excluding hydrogens is 286 g/mol. The number of aromatic nitrogens is 1. The van der Waals surface area contributed by atoms with Crippen molar-refractivity contribution in [3.63, 3.8) is 0 Å². The fourth-order valence-corrected chi connectivity index (χ4v) is 2.75. The fourth-order valence-electron chi connectivity index (χ4n) is 2.49. The zero-order valence-electron chi connectivity index (χ0n) is 13.3. The number of ether oxygens (including phenoxy) is 1. The Morgan fingerprint density at radius 3 is 2.24 bits per heavy atom. The van der Waals surface area contributed by atoms with Gasteiger partial charge in [-0.2, -0.15) is 0 Å². The van der Waals surface area contributed by atoms with Gasteiger partial charge < -0.3 is 9.72 Å². The highest BCUT2D eigenvalue weighted by molar-refractivity contribution is 6.33. The third-order valence-electron chi connectivity index (χ3n) is 3.76. The summed E-state index contributed by atoms with van der Waals surface area (Å²) in [6.45, 7) is 2.25. The summed E-state index contributed by atoms with van der Waals surface area (Å²) in [5.41, 5.74) is 1.38. The molecule has 0 atom stereocenters. The molecule has 0 amide bonds. The van der Waals surface area contributed by atoms with E-state index in [1.165, 1.54) is 58.5 Å². The van der Waals surface area contributed by atoms with Gasteiger partial charge in [-0.05, 0) is 18.9 Å². The molecule has 1 rings (SSSR count). The molecule has 4 heteroatoms. The van der Waals surface area contributed by atoms with Crippen LogP contribution in [0, 0.1) is 0 Å². The lowest BCUT2D eigenvalue weighted by Gasteiger charge is -2.01. The third-order valence-corrected chi connectivity index (χ3v) is 4.06. The number of hydrogen-bond donors (Lipinski definition) is 1. The zero-order valence-corrected chi connectivity index (χ0v) is 14.1. The first-order chi connectivity index (χ1) is 10.2. The van der Waals surface area contributed by atoms with Crippen LogP contribution in [0.4, 0.5) is 0 Å². The number of hydrogen-bond acceptors (Lipinski definition) is 2. The Bertz CT molecular complexity index is 415. The lowest BCUT2D eigenvalue weighted by atomic mass is 10.1. The molecule has 1 aromatic heterocycles. The van der Waals surface area contributed by atoms with Gasteiger partial charge in [-0.25, -0.2) is 4.79 Å². The summed E-state index contributed by atoms with van der Waals surface area (Å²) >= 11 is 6.01. The van der Waals surface area contributed by atoms with E-state index in [1.54, 1.807) is 0 Å². The van der Waals surface area contributed by atoms with E-state index >= 15 is 0 Å². The summed E-state index contributed by atoms with van der Waals surface area (Å²) in [6.07, 6.45) is 12.7. The highest BCUT2D eigenvalue weighted by Crippen LogP contribution is 2.20. The number of carbonyl (C=O) groups is 1. The third kappa shape index (κ3) is 7.03. The molecule has 120 valence electrons. The van der Waals surface area contributed by atoms with Crippen molar-refractivity contribution in [2.75, 3.05) is 7.11 Å². The smallest absolute Gasteiger partial charge is 0.356 e. The molecule has 0 unspecified atom stereocenters. The summed E-state index contributed by atoms with van der Waals surface area (Å²) in [7, 11) is 1.36. The maximum absolute atomic E-state index is 11.4. The van der Waals surface area contributed by atoms with Crippen molar-refractivity contribution in [3.05, 3.63) is 22.5 Å². The number of rotatable bonds is 11. The van der Waals surface area contributed by atoms with Gasteiger partial charge in [0.2, 0.25) is 0 Å².